The van der Waals surface area contributed by atoms with E-state index in [2.05, 4.69) is 47.8 Å². The average molecular weight is 525 g/mol. The molecule has 5 nitrogen and oxygen atoms in total. The van der Waals surface area contributed by atoms with E-state index in [1.807, 2.05) is 24.3 Å². The Bertz CT molecular complexity index is 1270. The van der Waals surface area contributed by atoms with Crippen molar-refractivity contribution in [3.63, 3.8) is 0 Å². The van der Waals surface area contributed by atoms with E-state index >= 15 is 0 Å². The summed E-state index contributed by atoms with van der Waals surface area (Å²) in [6, 6.07) is 14.4. The molecule has 1 amide bonds. The maximum atomic E-state index is 13.4. The molecule has 5 heteroatoms. The summed E-state index contributed by atoms with van der Waals surface area (Å²) in [4.78, 5) is 25.9. The molecule has 1 heterocycles. The first-order valence-electron chi connectivity index (χ1n) is 14.8. The van der Waals surface area contributed by atoms with Crippen molar-refractivity contribution in [3.8, 4) is 12.0 Å². The van der Waals surface area contributed by atoms with Gasteiger partial charge in [0, 0.05) is 28.6 Å². The summed E-state index contributed by atoms with van der Waals surface area (Å²) in [6.07, 6.45) is 14.3. The molecule has 2 N–H and O–H groups in total. The lowest BCUT2D eigenvalue weighted by atomic mass is 9.53. The van der Waals surface area contributed by atoms with Gasteiger partial charge in [0.25, 0.3) is 5.91 Å². The zero-order valence-electron chi connectivity index (χ0n) is 23.2. The Kier molecular flexibility index (Phi) is 7.25. The second-order valence-electron chi connectivity index (χ2n) is 12.6. The van der Waals surface area contributed by atoms with Crippen LogP contribution in [0, 0.1) is 29.8 Å². The molecule has 1 aliphatic heterocycles. The second-order valence-corrected chi connectivity index (χ2v) is 12.6. The Morgan fingerprint density at radius 3 is 2.31 bits per heavy atom. The van der Waals surface area contributed by atoms with Gasteiger partial charge < -0.3 is 15.4 Å². The maximum absolute atomic E-state index is 13.4. The number of unbranched alkanes of at least 4 members (excludes halogenated alkanes) is 1. The zero-order valence-corrected chi connectivity index (χ0v) is 23.2. The number of benzene rings is 2. The van der Waals surface area contributed by atoms with E-state index in [1.54, 1.807) is 0 Å². The van der Waals surface area contributed by atoms with Crippen LogP contribution in [0.3, 0.4) is 0 Å². The molecule has 7 rings (SSSR count). The van der Waals surface area contributed by atoms with Crippen molar-refractivity contribution >= 4 is 11.7 Å². The fourth-order valence-electron chi connectivity index (χ4n) is 8.34. The molecule has 4 fully saturated rings. The van der Waals surface area contributed by atoms with Crippen LogP contribution < -0.4 is 10.6 Å². The van der Waals surface area contributed by atoms with E-state index in [0.717, 1.165) is 73.8 Å². The van der Waals surface area contributed by atoms with E-state index in [9.17, 15) is 9.59 Å². The van der Waals surface area contributed by atoms with E-state index in [4.69, 9.17) is 4.74 Å². The predicted molar refractivity (Wildman–Crippen MR) is 152 cm³/mol. The molecule has 0 saturated heterocycles. The van der Waals surface area contributed by atoms with Crippen molar-refractivity contribution in [2.75, 3.05) is 7.11 Å². The van der Waals surface area contributed by atoms with Crippen molar-refractivity contribution in [2.24, 2.45) is 17.8 Å². The van der Waals surface area contributed by atoms with Gasteiger partial charge in [0.05, 0.1) is 13.2 Å². The maximum Gasteiger partial charge on any atom is 0.251 e. The molecule has 0 unspecified atom stereocenters. The molecular weight excluding hydrogens is 484 g/mol. The molecule has 4 bridgehead atoms. The number of hydrogen-bond donors (Lipinski definition) is 2. The predicted octanol–water partition coefficient (Wildman–Crippen LogP) is 5.97. The summed E-state index contributed by atoms with van der Waals surface area (Å²) in [6.45, 7) is 2.21. The van der Waals surface area contributed by atoms with Crippen LogP contribution in [0.1, 0.15) is 108 Å². The lowest BCUT2D eigenvalue weighted by Gasteiger charge is -2.56. The summed E-state index contributed by atoms with van der Waals surface area (Å²) in [7, 11) is 1.46. The number of ether oxygens (including phenoxy) is 1. The van der Waals surface area contributed by atoms with Crippen LogP contribution in [-0.2, 0) is 11.2 Å². The summed E-state index contributed by atoms with van der Waals surface area (Å²) in [5.74, 6) is 4.80. The van der Waals surface area contributed by atoms with Crippen LogP contribution in [0.5, 0.6) is 0 Å². The van der Waals surface area contributed by atoms with Crippen LogP contribution in [0.25, 0.3) is 0 Å². The molecule has 2 aromatic rings. The van der Waals surface area contributed by atoms with Gasteiger partial charge in [0.15, 0.2) is 0 Å². The van der Waals surface area contributed by atoms with Crippen LogP contribution >= 0.6 is 0 Å². The first kappa shape index (κ1) is 26.1. The van der Waals surface area contributed by atoms with Crippen LogP contribution in [0.4, 0.5) is 0 Å². The number of nitrogens with one attached hydrogen (secondary N) is 2. The minimum atomic E-state index is -0.228. The monoisotopic (exact) mass is 524 g/mol. The topological polar surface area (TPSA) is 67.4 Å². The van der Waals surface area contributed by atoms with Crippen LogP contribution in [0.2, 0.25) is 0 Å². The fraction of sp³-hybridized carbons (Fsp3) is 0.529. The smallest absolute Gasteiger partial charge is 0.251 e. The van der Waals surface area contributed by atoms with Gasteiger partial charge >= 0.3 is 0 Å². The highest BCUT2D eigenvalue weighted by atomic mass is 16.5. The van der Waals surface area contributed by atoms with E-state index < -0.39 is 0 Å². The third kappa shape index (κ3) is 5.37. The van der Waals surface area contributed by atoms with E-state index in [0.29, 0.717) is 11.6 Å². The quantitative estimate of drug-likeness (QED) is 0.346. The molecular formula is C34H40N2O3. The fourth-order valence-corrected chi connectivity index (χ4v) is 8.34. The number of rotatable bonds is 7. The van der Waals surface area contributed by atoms with Gasteiger partial charge in [-0.05, 0) is 110 Å². The van der Waals surface area contributed by atoms with Gasteiger partial charge in [-0.2, -0.15) is 0 Å². The molecule has 2 atom stereocenters. The first-order valence-corrected chi connectivity index (χ1v) is 14.8. The summed E-state index contributed by atoms with van der Waals surface area (Å²) >= 11 is 0. The second kappa shape index (κ2) is 10.8. The third-order valence-electron chi connectivity index (χ3n) is 9.68. The highest BCUT2D eigenvalue weighted by Gasteiger charge is 2.51. The number of fused-ring (bicyclic) bond motifs is 1. The number of carbonyl (C=O) groups excluding carboxylic acids is 2. The largest absolute Gasteiger partial charge is 0.450 e. The number of hydrogen-bond acceptors (Lipinski definition) is 4. The van der Waals surface area contributed by atoms with Gasteiger partial charge in [-0.1, -0.05) is 38.0 Å². The Labute approximate surface area is 232 Å². The molecule has 4 saturated carbocycles. The summed E-state index contributed by atoms with van der Waals surface area (Å²) in [5.41, 5.74) is 4.87. The van der Waals surface area contributed by atoms with Gasteiger partial charge in [-0.25, -0.2) is 0 Å². The van der Waals surface area contributed by atoms with E-state index in [1.165, 1.54) is 37.5 Å². The minimum absolute atomic E-state index is 0.0175. The van der Waals surface area contributed by atoms with Crippen LogP contribution in [0.15, 0.2) is 42.5 Å². The molecule has 204 valence electrons. The van der Waals surface area contributed by atoms with E-state index in [-0.39, 0.29) is 23.3 Å². The number of Topliss-reactive ketones (excluding diaryl/α,β-unsaturated/α-hetero) is 1. The van der Waals surface area contributed by atoms with Crippen molar-refractivity contribution in [2.45, 2.75) is 88.8 Å². The Hall–Kier alpha value is -3.10. The SMILES string of the molecule is CCCC[C@H]1Cc2cc(C(=O)C#COC)ccc2[C@H](c2ccc(C(=O)NC34CC5CC(CC(C5)C3)C4)cc2)N1. The average Bonchev–Trinajstić information content (AvgIpc) is 2.93. The summed E-state index contributed by atoms with van der Waals surface area (Å²) in [5, 5.41) is 7.37. The Morgan fingerprint density at radius 2 is 1.67 bits per heavy atom. The van der Waals surface area contributed by atoms with Crippen molar-refractivity contribution in [1.29, 1.82) is 0 Å². The Morgan fingerprint density at radius 1 is 1.00 bits per heavy atom. The lowest BCUT2D eigenvalue weighted by Crippen LogP contribution is -2.59. The number of carbonyl (C=O) groups is 2. The van der Waals surface area contributed by atoms with Gasteiger partial charge in [-0.3, -0.25) is 9.59 Å². The molecule has 0 radical (unpaired) electrons. The minimum Gasteiger partial charge on any atom is -0.450 e. The van der Waals surface area contributed by atoms with Crippen molar-refractivity contribution in [1.82, 2.24) is 10.6 Å². The zero-order chi connectivity index (χ0) is 27.0. The molecule has 4 aliphatic carbocycles. The number of amides is 1. The third-order valence-corrected chi connectivity index (χ3v) is 9.68. The number of methoxy groups -OCH3 is 1. The first-order chi connectivity index (χ1) is 18.9. The lowest BCUT2D eigenvalue weighted by molar-refractivity contribution is -0.0167. The molecule has 5 aliphatic rings. The van der Waals surface area contributed by atoms with Crippen LogP contribution in [-0.4, -0.2) is 30.4 Å². The molecule has 39 heavy (non-hydrogen) atoms. The van der Waals surface area contributed by atoms with Gasteiger partial charge in [0.2, 0.25) is 5.78 Å². The summed E-state index contributed by atoms with van der Waals surface area (Å²) < 4.78 is 4.76. The standard InChI is InChI=1S/C34H40N2O3/c1-3-4-5-29-18-28-17-27(31(37)12-13-39-2)10-11-30(28)32(35-29)25-6-8-26(9-7-25)33(38)36-34-19-22-14-23(20-34)16-24(15-22)21-34/h6-11,17,22-24,29,32,35H,3-5,14-16,18-21H2,1-2H3,(H,36,38)/t22?,23?,24?,29-,32-,34?/m0/s1. The van der Waals surface area contributed by atoms with Crippen molar-refractivity contribution < 1.29 is 14.3 Å². The van der Waals surface area contributed by atoms with Crippen molar-refractivity contribution in [3.05, 3.63) is 70.3 Å². The molecule has 0 aromatic heterocycles. The Balaban J connectivity index is 1.21. The highest BCUT2D eigenvalue weighted by Crippen LogP contribution is 2.55. The highest BCUT2D eigenvalue weighted by molar-refractivity contribution is 6.09. The molecule has 0 spiro atoms. The normalized spacial score (nSPS) is 30.2. The number of ketones is 1. The van der Waals surface area contributed by atoms with Gasteiger partial charge in [0.1, 0.15) is 6.11 Å². The van der Waals surface area contributed by atoms with Gasteiger partial charge in [-0.15, -0.1) is 0 Å². The molecule has 2 aromatic carbocycles.